The van der Waals surface area contributed by atoms with Gasteiger partial charge in [-0.1, -0.05) is 60.1 Å². The number of ether oxygens (including phenoxy) is 2. The number of nitrogens with zero attached hydrogens (tertiary/aromatic N) is 2. The molecule has 2 bridgehead atoms. The summed E-state index contributed by atoms with van der Waals surface area (Å²) < 4.78 is 10.7. The predicted molar refractivity (Wildman–Crippen MR) is 121 cm³/mol. The van der Waals surface area contributed by atoms with Gasteiger partial charge in [0.1, 0.15) is 0 Å². The molecule has 0 unspecified atom stereocenters. The Morgan fingerprint density at radius 1 is 0.818 bits per heavy atom. The number of hydrazone groups is 1. The van der Waals surface area contributed by atoms with Crippen LogP contribution in [0.25, 0.3) is 0 Å². The van der Waals surface area contributed by atoms with Crippen LogP contribution in [0.4, 0.5) is 0 Å². The lowest BCUT2D eigenvalue weighted by atomic mass is 9.55. The maximum absolute atomic E-state index is 13.6. The molecule has 8 rings (SSSR count). The van der Waals surface area contributed by atoms with E-state index in [-0.39, 0.29) is 30.4 Å². The number of fused-ring (bicyclic) bond motifs is 1. The van der Waals surface area contributed by atoms with Gasteiger partial charge in [-0.05, 0) is 28.3 Å². The van der Waals surface area contributed by atoms with Crippen molar-refractivity contribution in [2.24, 2.45) is 16.9 Å². The first kappa shape index (κ1) is 18.9. The van der Waals surface area contributed by atoms with Crippen molar-refractivity contribution in [3.63, 3.8) is 0 Å². The summed E-state index contributed by atoms with van der Waals surface area (Å²) in [6.45, 7) is 0.128. The van der Waals surface area contributed by atoms with E-state index in [2.05, 4.69) is 29.4 Å². The minimum atomic E-state index is -0.461. The summed E-state index contributed by atoms with van der Waals surface area (Å²) in [7, 11) is 0. The van der Waals surface area contributed by atoms with Gasteiger partial charge in [-0.3, -0.25) is 9.59 Å². The van der Waals surface area contributed by atoms with Crippen LogP contribution in [0.3, 0.4) is 0 Å². The Bertz CT molecular complexity index is 1290. The molecule has 162 valence electrons. The minimum Gasteiger partial charge on any atom is -0.454 e. The van der Waals surface area contributed by atoms with E-state index in [0.29, 0.717) is 22.1 Å². The van der Waals surface area contributed by atoms with Crippen molar-refractivity contribution in [1.82, 2.24) is 5.01 Å². The monoisotopic (exact) mass is 456 g/mol. The lowest BCUT2D eigenvalue weighted by molar-refractivity contribution is -0.139. The average Bonchev–Trinajstić information content (AvgIpc) is 3.39. The van der Waals surface area contributed by atoms with Crippen LogP contribution in [-0.4, -0.2) is 29.8 Å². The Balaban J connectivity index is 1.30. The van der Waals surface area contributed by atoms with Crippen molar-refractivity contribution in [2.45, 2.75) is 11.8 Å². The molecule has 6 nitrogen and oxygen atoms in total. The number of halogens is 1. The standard InChI is InChI=1S/C26H17ClN2O4/c27-18-10-20-19(32-12-33-20)9-13(18)11-28-29-25(30)23-21-14-5-1-2-6-15(14)22(24(23)26(29)31)17-8-4-3-7-16(17)21/h1-11,21-24H,12H2/b28-11-/t21?,22?,23-,24-/m1/s1. The van der Waals surface area contributed by atoms with Crippen molar-refractivity contribution in [3.05, 3.63) is 93.5 Å². The van der Waals surface area contributed by atoms with Gasteiger partial charge < -0.3 is 9.47 Å². The Kier molecular flexibility index (Phi) is 3.82. The quantitative estimate of drug-likeness (QED) is 0.426. The SMILES string of the molecule is O=C1[C@@H]2C3c4ccccc4C(c4ccccc43)[C@H]2C(=O)N1/N=C\c1cc2c(cc1Cl)OCO2. The van der Waals surface area contributed by atoms with Crippen LogP contribution in [0.15, 0.2) is 65.8 Å². The number of imide groups is 1. The van der Waals surface area contributed by atoms with Gasteiger partial charge in [-0.25, -0.2) is 0 Å². The smallest absolute Gasteiger partial charge is 0.254 e. The highest BCUT2D eigenvalue weighted by atomic mass is 35.5. The van der Waals surface area contributed by atoms with Crippen LogP contribution in [0, 0.1) is 11.8 Å². The third-order valence-corrected chi connectivity index (χ3v) is 7.56. The van der Waals surface area contributed by atoms with E-state index < -0.39 is 11.8 Å². The number of rotatable bonds is 2. The van der Waals surface area contributed by atoms with Crippen molar-refractivity contribution < 1.29 is 19.1 Å². The fourth-order valence-corrected chi connectivity index (χ4v) is 6.13. The molecule has 5 aliphatic rings. The zero-order valence-electron chi connectivity index (χ0n) is 17.3. The highest BCUT2D eigenvalue weighted by Crippen LogP contribution is 2.61. The van der Waals surface area contributed by atoms with Crippen molar-refractivity contribution in [2.75, 3.05) is 6.79 Å². The van der Waals surface area contributed by atoms with Crippen molar-refractivity contribution >= 4 is 29.6 Å². The first-order valence-corrected chi connectivity index (χ1v) is 11.2. The third-order valence-electron chi connectivity index (χ3n) is 7.23. The second-order valence-corrected chi connectivity index (χ2v) is 9.13. The number of hydrogen-bond acceptors (Lipinski definition) is 5. The van der Waals surface area contributed by atoms with Gasteiger partial charge in [0, 0.05) is 23.5 Å². The first-order chi connectivity index (χ1) is 16.1. The van der Waals surface area contributed by atoms with Crippen LogP contribution in [0.1, 0.15) is 39.7 Å². The summed E-state index contributed by atoms with van der Waals surface area (Å²) >= 11 is 6.35. The maximum Gasteiger partial charge on any atom is 0.254 e. The van der Waals surface area contributed by atoms with E-state index in [1.54, 1.807) is 12.1 Å². The third kappa shape index (κ3) is 2.47. The molecule has 3 aliphatic carbocycles. The lowest BCUT2D eigenvalue weighted by Gasteiger charge is -2.45. The van der Waals surface area contributed by atoms with Gasteiger partial charge >= 0.3 is 0 Å². The number of carbonyl (C=O) groups excluding carboxylic acids is 2. The maximum atomic E-state index is 13.6. The number of carbonyl (C=O) groups is 2. The van der Waals surface area contributed by atoms with E-state index in [9.17, 15) is 9.59 Å². The summed E-state index contributed by atoms with van der Waals surface area (Å²) in [4.78, 5) is 27.1. The van der Waals surface area contributed by atoms with Gasteiger partial charge in [-0.15, -0.1) is 0 Å². The highest BCUT2D eigenvalue weighted by Gasteiger charge is 2.61. The fourth-order valence-electron chi connectivity index (χ4n) is 5.93. The molecule has 7 heteroatoms. The minimum absolute atomic E-state index is 0.128. The molecule has 2 amide bonds. The molecule has 33 heavy (non-hydrogen) atoms. The molecule has 0 saturated carbocycles. The molecule has 0 aromatic heterocycles. The van der Waals surface area contributed by atoms with Gasteiger partial charge in [0.25, 0.3) is 11.8 Å². The van der Waals surface area contributed by atoms with Crippen molar-refractivity contribution in [1.29, 1.82) is 0 Å². The second kappa shape index (κ2) is 6.68. The van der Waals surface area contributed by atoms with Gasteiger partial charge in [0.15, 0.2) is 11.5 Å². The summed E-state index contributed by atoms with van der Waals surface area (Å²) in [6, 6.07) is 19.6. The summed E-state index contributed by atoms with van der Waals surface area (Å²) in [6.07, 6.45) is 1.44. The van der Waals surface area contributed by atoms with E-state index in [0.717, 1.165) is 27.3 Å². The molecule has 0 radical (unpaired) electrons. The number of hydrogen-bond donors (Lipinski definition) is 0. The first-order valence-electron chi connectivity index (χ1n) is 10.8. The summed E-state index contributed by atoms with van der Waals surface area (Å²) in [5.74, 6) is -0.653. The molecule has 2 aliphatic heterocycles. The molecule has 3 aromatic rings. The predicted octanol–water partition coefficient (Wildman–Crippen LogP) is 4.29. The summed E-state index contributed by atoms with van der Waals surface area (Å²) in [5.41, 5.74) is 5.08. The van der Waals surface area contributed by atoms with Crippen LogP contribution < -0.4 is 9.47 Å². The van der Waals surface area contributed by atoms with E-state index >= 15 is 0 Å². The van der Waals surface area contributed by atoms with Gasteiger partial charge in [-0.2, -0.15) is 10.1 Å². The Labute approximate surface area is 194 Å². The molecule has 0 N–H and O–H groups in total. The van der Waals surface area contributed by atoms with Gasteiger partial charge in [0.2, 0.25) is 6.79 Å². The Morgan fingerprint density at radius 3 is 1.82 bits per heavy atom. The topological polar surface area (TPSA) is 68.2 Å². The number of benzene rings is 3. The molecule has 2 atom stereocenters. The highest BCUT2D eigenvalue weighted by molar-refractivity contribution is 6.33. The van der Waals surface area contributed by atoms with Crippen LogP contribution in [-0.2, 0) is 9.59 Å². The average molecular weight is 457 g/mol. The zero-order valence-corrected chi connectivity index (χ0v) is 18.0. The molecule has 3 aromatic carbocycles. The van der Waals surface area contributed by atoms with Crippen molar-refractivity contribution in [3.8, 4) is 11.5 Å². The van der Waals surface area contributed by atoms with Crippen LogP contribution in [0.2, 0.25) is 5.02 Å². The second-order valence-electron chi connectivity index (χ2n) is 8.72. The van der Waals surface area contributed by atoms with E-state index in [4.69, 9.17) is 21.1 Å². The Hall–Kier alpha value is -3.64. The summed E-state index contributed by atoms with van der Waals surface area (Å²) in [5, 5.41) is 5.75. The largest absolute Gasteiger partial charge is 0.454 e. The number of amides is 2. The molecule has 1 fully saturated rings. The molecule has 2 heterocycles. The fraction of sp³-hybridized carbons (Fsp3) is 0.192. The van der Waals surface area contributed by atoms with Gasteiger partial charge in [0.05, 0.1) is 23.1 Å². The molecular formula is C26H17ClN2O4. The lowest BCUT2D eigenvalue weighted by Crippen LogP contribution is -2.41. The molecule has 1 saturated heterocycles. The van der Waals surface area contributed by atoms with E-state index in [1.807, 2.05) is 24.3 Å². The normalized spacial score (nSPS) is 26.0. The Morgan fingerprint density at radius 2 is 1.30 bits per heavy atom. The van der Waals surface area contributed by atoms with E-state index in [1.165, 1.54) is 6.21 Å². The molecule has 0 spiro atoms. The van der Waals surface area contributed by atoms with Crippen LogP contribution in [0.5, 0.6) is 11.5 Å². The van der Waals surface area contributed by atoms with Crippen LogP contribution >= 0.6 is 11.6 Å². The zero-order chi connectivity index (χ0) is 22.3. The molecular weight excluding hydrogens is 440 g/mol.